The van der Waals surface area contributed by atoms with Crippen LogP contribution in [-0.2, 0) is 6.54 Å². The first-order chi connectivity index (χ1) is 9.15. The van der Waals surface area contributed by atoms with Crippen LogP contribution in [0.25, 0.3) is 0 Å². The first-order valence-electron chi connectivity index (χ1n) is 6.32. The molecule has 0 bridgehead atoms. The van der Waals surface area contributed by atoms with E-state index in [9.17, 15) is 4.79 Å². The molecule has 0 saturated carbocycles. The van der Waals surface area contributed by atoms with Gasteiger partial charge < -0.3 is 11.1 Å². The van der Waals surface area contributed by atoms with Crippen LogP contribution in [-0.4, -0.2) is 15.7 Å². The highest BCUT2D eigenvalue weighted by molar-refractivity contribution is 7.10. The minimum absolute atomic E-state index is 0.0127. The number of aromatic nitrogens is 2. The van der Waals surface area contributed by atoms with Gasteiger partial charge in [-0.25, -0.2) is 0 Å². The summed E-state index contributed by atoms with van der Waals surface area (Å²) in [7, 11) is 0. The van der Waals surface area contributed by atoms with Gasteiger partial charge in [0.2, 0.25) is 0 Å². The molecule has 102 valence electrons. The Hall–Kier alpha value is -1.82. The number of amides is 1. The summed E-state index contributed by atoms with van der Waals surface area (Å²) in [6, 6.07) is 4.01. The average Bonchev–Trinajstić information content (AvgIpc) is 3.04. The molecule has 1 unspecified atom stereocenters. The lowest BCUT2D eigenvalue weighted by Gasteiger charge is -2.14. The number of rotatable bonds is 5. The Morgan fingerprint density at radius 2 is 2.37 bits per heavy atom. The van der Waals surface area contributed by atoms with E-state index in [1.165, 1.54) is 0 Å². The molecule has 19 heavy (non-hydrogen) atoms. The van der Waals surface area contributed by atoms with Gasteiger partial charge in [-0.15, -0.1) is 11.3 Å². The van der Waals surface area contributed by atoms with Crippen LogP contribution in [0.1, 0.15) is 41.7 Å². The summed E-state index contributed by atoms with van der Waals surface area (Å²) in [6.45, 7) is 4.69. The second-order valence-electron chi connectivity index (χ2n) is 4.24. The first-order valence-corrected chi connectivity index (χ1v) is 7.20. The van der Waals surface area contributed by atoms with Gasteiger partial charge in [0.15, 0.2) is 5.69 Å². The quantitative estimate of drug-likeness (QED) is 0.882. The van der Waals surface area contributed by atoms with E-state index in [1.807, 2.05) is 31.4 Å². The molecular weight excluding hydrogens is 260 g/mol. The summed E-state index contributed by atoms with van der Waals surface area (Å²) in [5.74, 6) is -0.218. The molecule has 6 heteroatoms. The Morgan fingerprint density at radius 3 is 2.89 bits per heavy atom. The van der Waals surface area contributed by atoms with E-state index >= 15 is 0 Å². The van der Waals surface area contributed by atoms with Crippen LogP contribution in [0.3, 0.4) is 0 Å². The smallest absolute Gasteiger partial charge is 0.274 e. The third-order valence-corrected chi connectivity index (χ3v) is 3.92. The van der Waals surface area contributed by atoms with Gasteiger partial charge in [-0.2, -0.15) is 5.10 Å². The zero-order chi connectivity index (χ0) is 13.8. The van der Waals surface area contributed by atoms with Crippen LogP contribution in [0.2, 0.25) is 0 Å². The van der Waals surface area contributed by atoms with Crippen LogP contribution < -0.4 is 11.1 Å². The zero-order valence-electron chi connectivity index (χ0n) is 11.1. The van der Waals surface area contributed by atoms with Gasteiger partial charge in [-0.3, -0.25) is 9.48 Å². The lowest BCUT2D eigenvalue weighted by molar-refractivity contribution is 0.0931. The van der Waals surface area contributed by atoms with E-state index in [0.29, 0.717) is 17.9 Å². The predicted molar refractivity (Wildman–Crippen MR) is 77.1 cm³/mol. The maximum atomic E-state index is 12.2. The van der Waals surface area contributed by atoms with Crippen molar-refractivity contribution < 1.29 is 4.79 Å². The van der Waals surface area contributed by atoms with Crippen molar-refractivity contribution >= 4 is 22.9 Å². The number of nitrogens with two attached hydrogens (primary N) is 1. The molecule has 3 N–H and O–H groups in total. The number of nitrogens with zero attached hydrogens (tertiary/aromatic N) is 2. The summed E-state index contributed by atoms with van der Waals surface area (Å²) in [5, 5.41) is 9.16. The standard InChI is InChI=1S/C13H18N4OS/c1-3-10(11-6-5-7-19-11)15-13(18)12-9(14)8-17(4-2)16-12/h5-8,10H,3-4,14H2,1-2H3,(H,15,18). The van der Waals surface area contributed by atoms with Crippen molar-refractivity contribution in [1.82, 2.24) is 15.1 Å². The van der Waals surface area contributed by atoms with Gasteiger partial charge in [0.1, 0.15) is 0 Å². The molecule has 2 aromatic heterocycles. The fraction of sp³-hybridized carbons (Fsp3) is 0.385. The molecule has 1 amide bonds. The third-order valence-electron chi connectivity index (χ3n) is 2.93. The molecule has 0 spiro atoms. The molecule has 0 aliphatic carbocycles. The van der Waals surface area contributed by atoms with Crippen LogP contribution >= 0.6 is 11.3 Å². The molecule has 2 rings (SSSR count). The number of thiophene rings is 1. The maximum absolute atomic E-state index is 12.2. The largest absolute Gasteiger partial charge is 0.396 e. The van der Waals surface area contributed by atoms with E-state index in [2.05, 4.69) is 10.4 Å². The van der Waals surface area contributed by atoms with E-state index in [1.54, 1.807) is 22.2 Å². The molecule has 2 heterocycles. The Bertz CT molecular complexity index is 547. The Labute approximate surface area is 116 Å². The first kappa shape index (κ1) is 13.6. The minimum atomic E-state index is -0.218. The minimum Gasteiger partial charge on any atom is -0.396 e. The van der Waals surface area contributed by atoms with Gasteiger partial charge in [0, 0.05) is 17.6 Å². The highest BCUT2D eigenvalue weighted by atomic mass is 32.1. The summed E-state index contributed by atoms with van der Waals surface area (Å²) in [4.78, 5) is 13.3. The van der Waals surface area contributed by atoms with Crippen LogP contribution in [0.4, 0.5) is 5.69 Å². The molecule has 0 fully saturated rings. The predicted octanol–water partition coefficient (Wildman–Crippen LogP) is 2.43. The van der Waals surface area contributed by atoms with Gasteiger partial charge in [0.25, 0.3) is 5.91 Å². The third kappa shape index (κ3) is 2.96. The maximum Gasteiger partial charge on any atom is 0.274 e. The summed E-state index contributed by atoms with van der Waals surface area (Å²) in [6.07, 6.45) is 2.52. The Balaban J connectivity index is 2.13. The molecule has 2 aromatic rings. The normalized spacial score (nSPS) is 12.3. The van der Waals surface area contributed by atoms with Crippen molar-refractivity contribution in [2.45, 2.75) is 32.9 Å². The summed E-state index contributed by atoms with van der Waals surface area (Å²) in [5.41, 5.74) is 6.53. The van der Waals surface area contributed by atoms with Crippen molar-refractivity contribution in [2.75, 3.05) is 5.73 Å². The van der Waals surface area contributed by atoms with E-state index in [-0.39, 0.29) is 11.9 Å². The average molecular weight is 278 g/mol. The molecule has 1 atom stereocenters. The molecule has 0 saturated heterocycles. The van der Waals surface area contributed by atoms with Crippen LogP contribution in [0, 0.1) is 0 Å². The number of hydrogen-bond donors (Lipinski definition) is 2. The fourth-order valence-electron chi connectivity index (χ4n) is 1.87. The highest BCUT2D eigenvalue weighted by Crippen LogP contribution is 2.22. The molecular formula is C13H18N4OS. The Morgan fingerprint density at radius 1 is 1.58 bits per heavy atom. The van der Waals surface area contributed by atoms with Gasteiger partial charge in [-0.05, 0) is 24.8 Å². The van der Waals surface area contributed by atoms with E-state index in [0.717, 1.165) is 11.3 Å². The van der Waals surface area contributed by atoms with E-state index in [4.69, 9.17) is 5.73 Å². The number of carbonyl (C=O) groups is 1. The van der Waals surface area contributed by atoms with Crippen molar-refractivity contribution in [2.24, 2.45) is 0 Å². The zero-order valence-corrected chi connectivity index (χ0v) is 11.9. The molecule has 5 nitrogen and oxygen atoms in total. The van der Waals surface area contributed by atoms with Crippen molar-refractivity contribution in [3.05, 3.63) is 34.3 Å². The van der Waals surface area contributed by atoms with Gasteiger partial charge in [-0.1, -0.05) is 13.0 Å². The van der Waals surface area contributed by atoms with Crippen LogP contribution in [0.5, 0.6) is 0 Å². The van der Waals surface area contributed by atoms with E-state index < -0.39 is 0 Å². The van der Waals surface area contributed by atoms with Crippen molar-refractivity contribution in [3.8, 4) is 0 Å². The Kier molecular flexibility index (Phi) is 4.21. The molecule has 0 aliphatic rings. The number of aryl methyl sites for hydroxylation is 1. The van der Waals surface area contributed by atoms with Crippen molar-refractivity contribution in [1.29, 1.82) is 0 Å². The number of nitrogens with one attached hydrogen (secondary N) is 1. The molecule has 0 aromatic carbocycles. The lowest BCUT2D eigenvalue weighted by atomic mass is 10.2. The monoisotopic (exact) mass is 278 g/mol. The summed E-state index contributed by atoms with van der Waals surface area (Å²) < 4.78 is 1.66. The number of carbonyl (C=O) groups excluding carboxylic acids is 1. The summed E-state index contributed by atoms with van der Waals surface area (Å²) >= 11 is 1.64. The fourth-order valence-corrected chi connectivity index (χ4v) is 2.73. The van der Waals surface area contributed by atoms with Gasteiger partial charge in [0.05, 0.1) is 11.7 Å². The number of hydrogen-bond acceptors (Lipinski definition) is 4. The molecule has 0 aliphatic heterocycles. The topological polar surface area (TPSA) is 72.9 Å². The van der Waals surface area contributed by atoms with Crippen molar-refractivity contribution in [3.63, 3.8) is 0 Å². The van der Waals surface area contributed by atoms with Crippen LogP contribution in [0.15, 0.2) is 23.7 Å². The molecule has 0 radical (unpaired) electrons. The number of anilines is 1. The SMILES string of the molecule is CCC(NC(=O)c1nn(CC)cc1N)c1cccs1. The number of nitrogen functional groups attached to an aromatic ring is 1. The second kappa shape index (κ2) is 5.88. The second-order valence-corrected chi connectivity index (χ2v) is 5.22. The van der Waals surface area contributed by atoms with Gasteiger partial charge >= 0.3 is 0 Å². The highest BCUT2D eigenvalue weighted by Gasteiger charge is 2.19. The lowest BCUT2D eigenvalue weighted by Crippen LogP contribution is -2.28.